The molecule has 3 nitrogen and oxygen atoms in total. The largest absolute Gasteiger partial charge is 0.322 e. The molecule has 26 heavy (non-hydrogen) atoms. The van der Waals surface area contributed by atoms with Gasteiger partial charge in [-0.3, -0.25) is 9.78 Å². The second-order valence-electron chi connectivity index (χ2n) is 5.89. The summed E-state index contributed by atoms with van der Waals surface area (Å²) in [6.07, 6.45) is 3.39. The average molecular weight is 369 g/mol. The van der Waals surface area contributed by atoms with E-state index in [1.165, 1.54) is 12.1 Å². The first-order chi connectivity index (χ1) is 12.6. The summed E-state index contributed by atoms with van der Waals surface area (Å²) in [5, 5.41) is 3.23. The van der Waals surface area contributed by atoms with E-state index in [-0.39, 0.29) is 5.56 Å². The van der Waals surface area contributed by atoms with Gasteiger partial charge in [0.2, 0.25) is 0 Å². The summed E-state index contributed by atoms with van der Waals surface area (Å²) in [7, 11) is 0. The number of nitrogens with one attached hydrogen (secondary N) is 1. The van der Waals surface area contributed by atoms with E-state index in [2.05, 4.69) is 17.2 Å². The van der Waals surface area contributed by atoms with Gasteiger partial charge in [0.15, 0.2) is 0 Å². The molecule has 0 atom stereocenters. The highest BCUT2D eigenvalue weighted by Gasteiger charge is 2.15. The van der Waals surface area contributed by atoms with Gasteiger partial charge in [-0.1, -0.05) is 49.2 Å². The van der Waals surface area contributed by atoms with Crippen molar-refractivity contribution in [2.24, 2.45) is 0 Å². The van der Waals surface area contributed by atoms with Crippen molar-refractivity contribution in [1.29, 1.82) is 0 Å². The fourth-order valence-corrected chi connectivity index (χ4v) is 2.99. The average Bonchev–Trinajstić information content (AvgIpc) is 2.64. The van der Waals surface area contributed by atoms with E-state index in [9.17, 15) is 9.18 Å². The van der Waals surface area contributed by atoms with Crippen LogP contribution >= 0.6 is 11.6 Å². The molecule has 132 valence electrons. The first-order valence-corrected chi connectivity index (χ1v) is 8.77. The van der Waals surface area contributed by atoms with Crippen LogP contribution in [0.3, 0.4) is 0 Å². The van der Waals surface area contributed by atoms with Crippen molar-refractivity contribution in [3.05, 3.63) is 82.8 Å². The molecular weight excluding hydrogens is 351 g/mol. The summed E-state index contributed by atoms with van der Waals surface area (Å²) < 4.78 is 14.5. The third-order valence-corrected chi connectivity index (χ3v) is 4.34. The zero-order valence-electron chi connectivity index (χ0n) is 14.3. The van der Waals surface area contributed by atoms with Crippen molar-refractivity contribution in [1.82, 2.24) is 4.98 Å². The smallest absolute Gasteiger partial charge is 0.258 e. The van der Waals surface area contributed by atoms with Gasteiger partial charge in [-0.2, -0.15) is 0 Å². The van der Waals surface area contributed by atoms with Crippen LogP contribution in [0.5, 0.6) is 0 Å². The van der Waals surface area contributed by atoms with E-state index < -0.39 is 11.7 Å². The molecule has 0 radical (unpaired) electrons. The Morgan fingerprint density at radius 2 is 1.96 bits per heavy atom. The zero-order valence-corrected chi connectivity index (χ0v) is 15.1. The number of hydrogen-bond acceptors (Lipinski definition) is 2. The molecule has 1 aromatic heterocycles. The van der Waals surface area contributed by atoms with Gasteiger partial charge >= 0.3 is 0 Å². The highest BCUT2D eigenvalue weighted by Crippen LogP contribution is 2.27. The summed E-state index contributed by atoms with van der Waals surface area (Å²) in [5.74, 6) is -1.10. The van der Waals surface area contributed by atoms with Crippen molar-refractivity contribution in [2.45, 2.75) is 19.8 Å². The van der Waals surface area contributed by atoms with Gasteiger partial charge in [-0.15, -0.1) is 0 Å². The lowest BCUT2D eigenvalue weighted by Crippen LogP contribution is -2.15. The summed E-state index contributed by atoms with van der Waals surface area (Å²) in [6.45, 7) is 2.07. The Labute approximate surface area is 156 Å². The molecule has 0 aliphatic carbocycles. The predicted octanol–water partition coefficient (Wildman–Crippen LogP) is 5.75. The van der Waals surface area contributed by atoms with E-state index in [1.807, 2.05) is 24.3 Å². The third-order valence-electron chi connectivity index (χ3n) is 4.03. The fraction of sp³-hybridized carbons (Fsp3) is 0.143. The summed E-state index contributed by atoms with van der Waals surface area (Å²) in [4.78, 5) is 16.7. The van der Waals surface area contributed by atoms with Gasteiger partial charge < -0.3 is 5.32 Å². The van der Waals surface area contributed by atoms with Crippen molar-refractivity contribution in [3.8, 4) is 11.3 Å². The molecule has 2 aromatic carbocycles. The molecule has 1 amide bonds. The number of halogens is 2. The molecule has 0 fully saturated rings. The highest BCUT2D eigenvalue weighted by atomic mass is 35.5. The Bertz CT molecular complexity index is 943. The van der Waals surface area contributed by atoms with E-state index in [0.717, 1.165) is 18.4 Å². The fourth-order valence-electron chi connectivity index (χ4n) is 2.76. The number of rotatable bonds is 5. The Hall–Kier alpha value is -2.72. The maximum atomic E-state index is 14.5. The number of nitrogens with zero attached hydrogens (tertiary/aromatic N) is 1. The second kappa shape index (κ2) is 8.11. The Balaban J connectivity index is 1.86. The maximum absolute atomic E-state index is 14.5. The second-order valence-corrected chi connectivity index (χ2v) is 6.30. The van der Waals surface area contributed by atoms with Crippen molar-refractivity contribution >= 4 is 23.2 Å². The van der Waals surface area contributed by atoms with Crippen LogP contribution in [-0.2, 0) is 6.42 Å². The van der Waals surface area contributed by atoms with Gasteiger partial charge in [-0.05, 0) is 42.3 Å². The third kappa shape index (κ3) is 3.92. The SMILES string of the molecule is CCCc1ccccc1NC(=O)c1ccc(-c2ncccc2Cl)cc1F. The molecule has 3 aromatic rings. The Morgan fingerprint density at radius 3 is 2.69 bits per heavy atom. The lowest BCUT2D eigenvalue weighted by Gasteiger charge is -2.11. The zero-order chi connectivity index (χ0) is 18.5. The standard InChI is InChI=1S/C21H18ClFN2O/c1-2-6-14-7-3-4-9-19(14)25-21(26)16-11-10-15(13-18(16)23)20-17(22)8-5-12-24-20/h3-5,7-13H,2,6H2,1H3,(H,25,26). The molecule has 0 saturated heterocycles. The molecule has 3 rings (SSSR count). The number of aromatic nitrogens is 1. The topological polar surface area (TPSA) is 42.0 Å². The van der Waals surface area contributed by atoms with Gasteiger partial charge in [0.05, 0.1) is 16.3 Å². The van der Waals surface area contributed by atoms with Crippen molar-refractivity contribution in [3.63, 3.8) is 0 Å². The molecule has 5 heteroatoms. The number of aryl methyl sites for hydroxylation is 1. The minimum Gasteiger partial charge on any atom is -0.322 e. The molecule has 0 aliphatic rings. The van der Waals surface area contributed by atoms with Crippen LogP contribution in [0.25, 0.3) is 11.3 Å². The predicted molar refractivity (Wildman–Crippen MR) is 103 cm³/mol. The number of benzene rings is 2. The van der Waals surface area contributed by atoms with Crippen LogP contribution in [0, 0.1) is 5.82 Å². The molecule has 0 unspecified atom stereocenters. The number of para-hydroxylation sites is 1. The number of carbonyl (C=O) groups is 1. The van der Waals surface area contributed by atoms with Crippen LogP contribution in [0.4, 0.5) is 10.1 Å². The van der Waals surface area contributed by atoms with Crippen LogP contribution in [0.1, 0.15) is 29.3 Å². The van der Waals surface area contributed by atoms with Crippen LogP contribution < -0.4 is 5.32 Å². The number of pyridine rings is 1. The van der Waals surface area contributed by atoms with Gasteiger partial charge in [-0.25, -0.2) is 4.39 Å². The van der Waals surface area contributed by atoms with Crippen LogP contribution in [0.15, 0.2) is 60.8 Å². The maximum Gasteiger partial charge on any atom is 0.258 e. The van der Waals surface area contributed by atoms with Gasteiger partial charge in [0.1, 0.15) is 5.82 Å². The number of amides is 1. The summed E-state index contributed by atoms with van der Waals surface area (Å²) in [6, 6.07) is 15.3. The van der Waals surface area contributed by atoms with E-state index in [4.69, 9.17) is 11.6 Å². The Morgan fingerprint density at radius 1 is 1.15 bits per heavy atom. The summed E-state index contributed by atoms with van der Waals surface area (Å²) >= 11 is 6.10. The highest BCUT2D eigenvalue weighted by molar-refractivity contribution is 6.33. The first kappa shape index (κ1) is 18.1. The molecule has 0 spiro atoms. The first-order valence-electron chi connectivity index (χ1n) is 8.40. The number of carbonyl (C=O) groups excluding carboxylic acids is 1. The van der Waals surface area contributed by atoms with E-state index in [1.54, 1.807) is 24.4 Å². The van der Waals surface area contributed by atoms with Gasteiger partial charge in [0, 0.05) is 17.4 Å². The molecule has 0 aliphatic heterocycles. The monoisotopic (exact) mass is 368 g/mol. The molecular formula is C21H18ClFN2O. The van der Waals surface area contributed by atoms with Crippen LogP contribution in [0.2, 0.25) is 5.02 Å². The minimum absolute atomic E-state index is 0.0212. The van der Waals surface area contributed by atoms with E-state index in [0.29, 0.717) is 22.0 Å². The molecule has 0 saturated carbocycles. The Kier molecular flexibility index (Phi) is 5.64. The number of hydrogen-bond donors (Lipinski definition) is 1. The van der Waals surface area contributed by atoms with Crippen molar-refractivity contribution < 1.29 is 9.18 Å². The molecule has 0 bridgehead atoms. The van der Waals surface area contributed by atoms with Crippen LogP contribution in [-0.4, -0.2) is 10.9 Å². The summed E-state index contributed by atoms with van der Waals surface area (Å²) in [5.41, 5.74) is 2.72. The molecule has 1 N–H and O–H groups in total. The normalized spacial score (nSPS) is 10.6. The quantitative estimate of drug-likeness (QED) is 0.623. The van der Waals surface area contributed by atoms with Gasteiger partial charge in [0.25, 0.3) is 5.91 Å². The lowest BCUT2D eigenvalue weighted by molar-refractivity contribution is 0.102. The number of anilines is 1. The minimum atomic E-state index is -0.616. The molecule has 1 heterocycles. The van der Waals surface area contributed by atoms with Crippen molar-refractivity contribution in [2.75, 3.05) is 5.32 Å². The lowest BCUT2D eigenvalue weighted by atomic mass is 10.1. The van der Waals surface area contributed by atoms with E-state index >= 15 is 0 Å².